The number of hydrogen-bond donors (Lipinski definition) is 1. The van der Waals surface area contributed by atoms with Crippen LogP contribution in [0, 0.1) is 5.82 Å². The lowest BCUT2D eigenvalue weighted by Crippen LogP contribution is -2.11. The van der Waals surface area contributed by atoms with E-state index in [0.717, 1.165) is 22.3 Å². The Morgan fingerprint density at radius 2 is 1.52 bits per heavy atom. The Kier molecular flexibility index (Phi) is 4.09. The molecule has 0 saturated carbocycles. The summed E-state index contributed by atoms with van der Waals surface area (Å²) in [5.74, 6) is -0.326. The highest BCUT2D eigenvalue weighted by molar-refractivity contribution is 9.10. The average molecular weight is 396 g/mol. The number of rotatable bonds is 3. The maximum Gasteiger partial charge on any atom is 0.238 e. The van der Waals surface area contributed by atoms with Crippen LogP contribution in [0.25, 0.3) is 22.3 Å². The van der Waals surface area contributed by atoms with Crippen LogP contribution in [0.3, 0.4) is 0 Å². The minimum absolute atomic E-state index is 0.0344. The SMILES string of the molecule is NS(=O)(=O)c1ccc(-c2coc(Br)c2-c2ccc(F)cc2)cc1. The topological polar surface area (TPSA) is 73.3 Å². The summed E-state index contributed by atoms with van der Waals surface area (Å²) in [5.41, 5.74) is 3.04. The minimum atomic E-state index is -3.74. The molecule has 0 unspecified atom stereocenters. The average Bonchev–Trinajstić information content (AvgIpc) is 2.89. The van der Waals surface area contributed by atoms with Gasteiger partial charge in [-0.2, -0.15) is 0 Å². The van der Waals surface area contributed by atoms with Crippen molar-refractivity contribution in [1.82, 2.24) is 0 Å². The van der Waals surface area contributed by atoms with Gasteiger partial charge in [-0.15, -0.1) is 0 Å². The van der Waals surface area contributed by atoms with Crippen molar-refractivity contribution in [2.24, 2.45) is 5.14 Å². The normalized spacial score (nSPS) is 11.6. The van der Waals surface area contributed by atoms with Gasteiger partial charge in [-0.3, -0.25) is 0 Å². The molecule has 0 aliphatic heterocycles. The highest BCUT2D eigenvalue weighted by atomic mass is 79.9. The first-order chi connectivity index (χ1) is 10.9. The minimum Gasteiger partial charge on any atom is -0.456 e. The first-order valence-electron chi connectivity index (χ1n) is 6.52. The predicted molar refractivity (Wildman–Crippen MR) is 88.6 cm³/mol. The van der Waals surface area contributed by atoms with Crippen LogP contribution in [0.1, 0.15) is 0 Å². The summed E-state index contributed by atoms with van der Waals surface area (Å²) in [6.07, 6.45) is 1.55. The molecular formula is C16H11BrFNO3S. The van der Waals surface area contributed by atoms with Gasteiger partial charge in [-0.1, -0.05) is 24.3 Å². The van der Waals surface area contributed by atoms with E-state index < -0.39 is 10.0 Å². The van der Waals surface area contributed by atoms with E-state index in [4.69, 9.17) is 9.56 Å². The van der Waals surface area contributed by atoms with Crippen molar-refractivity contribution >= 4 is 26.0 Å². The van der Waals surface area contributed by atoms with Crippen molar-refractivity contribution in [3.05, 3.63) is 65.3 Å². The number of halogens is 2. The third-order valence-corrected chi connectivity index (χ3v) is 4.89. The Labute approximate surface area is 140 Å². The fraction of sp³-hybridized carbons (Fsp3) is 0. The van der Waals surface area contributed by atoms with E-state index in [-0.39, 0.29) is 10.7 Å². The summed E-state index contributed by atoms with van der Waals surface area (Å²) in [5, 5.41) is 5.10. The predicted octanol–water partition coefficient (Wildman–Crippen LogP) is 4.16. The second-order valence-electron chi connectivity index (χ2n) is 4.87. The third kappa shape index (κ3) is 3.21. The van der Waals surface area contributed by atoms with Crippen LogP contribution in [0.5, 0.6) is 0 Å². The monoisotopic (exact) mass is 395 g/mol. The van der Waals surface area contributed by atoms with Crippen LogP contribution in [-0.4, -0.2) is 8.42 Å². The molecule has 118 valence electrons. The van der Waals surface area contributed by atoms with Gasteiger partial charge in [0.25, 0.3) is 0 Å². The number of nitrogens with two attached hydrogens (primary N) is 1. The molecule has 0 aliphatic carbocycles. The lowest BCUT2D eigenvalue weighted by atomic mass is 9.99. The molecule has 0 amide bonds. The molecule has 7 heteroatoms. The Morgan fingerprint density at radius 1 is 0.957 bits per heavy atom. The molecule has 0 saturated heterocycles. The lowest BCUT2D eigenvalue weighted by molar-refractivity contribution is 0.543. The molecular weight excluding hydrogens is 385 g/mol. The van der Waals surface area contributed by atoms with Gasteiger partial charge < -0.3 is 4.42 Å². The van der Waals surface area contributed by atoms with Crippen LogP contribution in [0.4, 0.5) is 4.39 Å². The van der Waals surface area contributed by atoms with Crippen LogP contribution >= 0.6 is 15.9 Å². The second kappa shape index (κ2) is 5.92. The number of primary sulfonamides is 1. The molecule has 2 N–H and O–H groups in total. The fourth-order valence-corrected chi connectivity index (χ4v) is 3.31. The van der Waals surface area contributed by atoms with Gasteiger partial charge in [0, 0.05) is 11.1 Å². The van der Waals surface area contributed by atoms with E-state index >= 15 is 0 Å². The summed E-state index contributed by atoms with van der Waals surface area (Å²) in [7, 11) is -3.74. The highest BCUT2D eigenvalue weighted by Crippen LogP contribution is 2.39. The second-order valence-corrected chi connectivity index (χ2v) is 7.16. The first-order valence-corrected chi connectivity index (χ1v) is 8.86. The van der Waals surface area contributed by atoms with Gasteiger partial charge in [-0.25, -0.2) is 17.9 Å². The summed E-state index contributed by atoms with van der Waals surface area (Å²) in [4.78, 5) is 0.0344. The van der Waals surface area contributed by atoms with E-state index in [0.29, 0.717) is 4.67 Å². The standard InChI is InChI=1S/C16H11BrFNO3S/c17-16-15(11-1-5-12(18)6-2-11)14(9-22-16)10-3-7-13(8-4-10)23(19,20)21/h1-9H,(H2,19,20,21). The molecule has 0 atom stereocenters. The van der Waals surface area contributed by atoms with Crippen LogP contribution in [-0.2, 0) is 10.0 Å². The van der Waals surface area contributed by atoms with Gasteiger partial charge in [0.1, 0.15) is 12.1 Å². The first kappa shape index (κ1) is 15.9. The summed E-state index contributed by atoms with van der Waals surface area (Å²) in [6, 6.07) is 12.2. The van der Waals surface area contributed by atoms with E-state index in [2.05, 4.69) is 15.9 Å². The van der Waals surface area contributed by atoms with Crippen molar-refractivity contribution < 1.29 is 17.2 Å². The van der Waals surface area contributed by atoms with Crippen molar-refractivity contribution in [3.8, 4) is 22.3 Å². The van der Waals surface area contributed by atoms with E-state index in [1.807, 2.05) is 0 Å². The number of sulfonamides is 1. The Morgan fingerprint density at radius 3 is 2.09 bits per heavy atom. The maximum absolute atomic E-state index is 13.1. The molecule has 0 aliphatic rings. The zero-order valence-electron chi connectivity index (χ0n) is 11.7. The Balaban J connectivity index is 2.10. The molecule has 0 spiro atoms. The number of hydrogen-bond acceptors (Lipinski definition) is 3. The third-order valence-electron chi connectivity index (χ3n) is 3.37. The van der Waals surface area contributed by atoms with Gasteiger partial charge in [-0.05, 0) is 51.3 Å². The highest BCUT2D eigenvalue weighted by Gasteiger charge is 2.16. The van der Waals surface area contributed by atoms with Crippen LogP contribution in [0.2, 0.25) is 0 Å². The fourth-order valence-electron chi connectivity index (χ4n) is 2.26. The van der Waals surface area contributed by atoms with Gasteiger partial charge in [0.2, 0.25) is 10.0 Å². The molecule has 0 bridgehead atoms. The van der Waals surface area contributed by atoms with Gasteiger partial charge in [0.05, 0.1) is 4.90 Å². The van der Waals surface area contributed by atoms with E-state index in [9.17, 15) is 12.8 Å². The molecule has 3 aromatic rings. The molecule has 0 radical (unpaired) electrons. The quantitative estimate of drug-likeness (QED) is 0.723. The van der Waals surface area contributed by atoms with Gasteiger partial charge in [0.15, 0.2) is 4.67 Å². The molecule has 1 aromatic heterocycles. The Hall–Kier alpha value is -1.96. The van der Waals surface area contributed by atoms with Crippen molar-refractivity contribution in [2.75, 3.05) is 0 Å². The molecule has 23 heavy (non-hydrogen) atoms. The molecule has 4 nitrogen and oxygen atoms in total. The summed E-state index contributed by atoms with van der Waals surface area (Å²) in [6.45, 7) is 0. The van der Waals surface area contributed by atoms with Crippen molar-refractivity contribution in [2.45, 2.75) is 4.90 Å². The number of benzene rings is 2. The lowest BCUT2D eigenvalue weighted by Gasteiger charge is -2.05. The molecule has 1 heterocycles. The van der Waals surface area contributed by atoms with Gasteiger partial charge >= 0.3 is 0 Å². The van der Waals surface area contributed by atoms with E-state index in [1.54, 1.807) is 30.5 Å². The number of furan rings is 1. The largest absolute Gasteiger partial charge is 0.456 e. The smallest absolute Gasteiger partial charge is 0.238 e. The summed E-state index contributed by atoms with van der Waals surface area (Å²) < 4.78 is 41.7. The molecule has 3 rings (SSSR count). The zero-order valence-corrected chi connectivity index (χ0v) is 14.1. The zero-order chi connectivity index (χ0) is 16.6. The van der Waals surface area contributed by atoms with E-state index in [1.165, 1.54) is 24.3 Å². The summed E-state index contributed by atoms with van der Waals surface area (Å²) >= 11 is 3.34. The van der Waals surface area contributed by atoms with Crippen molar-refractivity contribution in [1.29, 1.82) is 0 Å². The maximum atomic E-state index is 13.1. The van der Waals surface area contributed by atoms with Crippen molar-refractivity contribution in [3.63, 3.8) is 0 Å². The van der Waals surface area contributed by atoms with Crippen LogP contribution < -0.4 is 5.14 Å². The van der Waals surface area contributed by atoms with Crippen LogP contribution in [0.15, 0.2) is 68.8 Å². The molecule has 0 fully saturated rings. The molecule has 2 aromatic carbocycles. The Bertz CT molecular complexity index is 948.